The molecule has 0 radical (unpaired) electrons. The van der Waals surface area contributed by atoms with Crippen molar-refractivity contribution in [2.24, 2.45) is 7.05 Å². The summed E-state index contributed by atoms with van der Waals surface area (Å²) < 4.78 is 21.9. The summed E-state index contributed by atoms with van der Waals surface area (Å²) in [4.78, 5) is 28.6. The smallest absolute Gasteiger partial charge is 0.410 e. The van der Waals surface area contributed by atoms with E-state index in [1.54, 1.807) is 11.9 Å². The second-order valence-corrected chi connectivity index (χ2v) is 15.9. The number of ether oxygens (including phenoxy) is 3. The fraction of sp³-hybridized carbons (Fsp3) is 0.452. The Balaban J connectivity index is 1.56. The molecule has 0 spiro atoms. The van der Waals surface area contributed by atoms with Crippen LogP contribution in [0.15, 0.2) is 54.6 Å². The molecule has 0 atom stereocenters. The lowest BCUT2D eigenvalue weighted by atomic mass is 9.98. The van der Waals surface area contributed by atoms with Crippen molar-refractivity contribution in [1.82, 2.24) is 19.2 Å². The minimum Gasteiger partial charge on any atom is -0.493 e. The Labute approximate surface area is 312 Å². The molecule has 0 unspecified atom stereocenters. The van der Waals surface area contributed by atoms with Crippen LogP contribution in [-0.2, 0) is 29.5 Å². The molecule has 0 aliphatic heterocycles. The second kappa shape index (κ2) is 15.6. The summed E-state index contributed by atoms with van der Waals surface area (Å²) >= 11 is 7.10. The van der Waals surface area contributed by atoms with Gasteiger partial charge in [0.2, 0.25) is 0 Å². The van der Waals surface area contributed by atoms with Gasteiger partial charge in [-0.15, -0.1) is 0 Å². The third-order valence-corrected chi connectivity index (χ3v) is 9.35. The highest BCUT2D eigenvalue weighted by Crippen LogP contribution is 2.42. The fourth-order valence-electron chi connectivity index (χ4n) is 6.71. The standard InChI is InChI=1S/C42H53ClN4O5/c1-27-35(28(2)46(10)44-27)36-33(43)23-22-32-31(20-16-26-50-34-21-15-18-29-17-11-12-19-30(29)34)38(39(48)51-41(3,4)5)47(37(32)36)25-14-13-24-45(9)40(49)52-42(6,7)8/h11-12,15,17-19,21-23H,13-14,16,20,24-26H2,1-10H3. The molecule has 10 heteroatoms. The normalized spacial score (nSPS) is 12.1. The van der Waals surface area contributed by atoms with E-state index in [0.29, 0.717) is 56.1 Å². The fourth-order valence-corrected chi connectivity index (χ4v) is 6.95. The van der Waals surface area contributed by atoms with Gasteiger partial charge in [-0.25, -0.2) is 9.59 Å². The van der Waals surface area contributed by atoms with Crippen LogP contribution in [0.1, 0.15) is 88.2 Å². The Morgan fingerprint density at radius 2 is 1.54 bits per heavy atom. The zero-order valence-electron chi connectivity index (χ0n) is 32.4. The molecule has 0 fully saturated rings. The summed E-state index contributed by atoms with van der Waals surface area (Å²) in [5, 5.41) is 8.43. The molecule has 3 aromatic carbocycles. The SMILES string of the molecule is Cc1nn(C)c(C)c1-c1c(Cl)ccc2c(CCCOc3cccc4ccccc34)c(C(=O)OC(C)(C)C)n(CCCCN(C)C(=O)OC(C)(C)C)c12. The molecule has 9 nitrogen and oxygen atoms in total. The zero-order valence-corrected chi connectivity index (χ0v) is 33.1. The molecule has 52 heavy (non-hydrogen) atoms. The first-order valence-corrected chi connectivity index (χ1v) is 18.5. The van der Waals surface area contributed by atoms with E-state index in [-0.39, 0.29) is 12.1 Å². The number of rotatable bonds is 12. The van der Waals surface area contributed by atoms with Crippen molar-refractivity contribution in [3.05, 3.63) is 82.3 Å². The summed E-state index contributed by atoms with van der Waals surface area (Å²) in [6.45, 7) is 16.7. The largest absolute Gasteiger partial charge is 0.493 e. The monoisotopic (exact) mass is 728 g/mol. The quantitative estimate of drug-likeness (QED) is 0.0939. The Hall–Kier alpha value is -4.50. The van der Waals surface area contributed by atoms with Crippen molar-refractivity contribution >= 4 is 45.3 Å². The summed E-state index contributed by atoms with van der Waals surface area (Å²) in [6.07, 6.45) is 2.27. The summed E-state index contributed by atoms with van der Waals surface area (Å²) in [5.41, 5.74) is 4.61. The van der Waals surface area contributed by atoms with Crippen LogP contribution in [0.2, 0.25) is 5.02 Å². The van der Waals surface area contributed by atoms with E-state index >= 15 is 0 Å². The molecular weight excluding hydrogens is 676 g/mol. The number of hydrogen-bond acceptors (Lipinski definition) is 6. The number of aryl methyl sites for hydroxylation is 4. The molecular formula is C42H53ClN4O5. The van der Waals surface area contributed by atoms with Crippen molar-refractivity contribution in [2.75, 3.05) is 20.2 Å². The van der Waals surface area contributed by atoms with Crippen LogP contribution in [0.3, 0.4) is 0 Å². The van der Waals surface area contributed by atoms with Gasteiger partial charge in [-0.1, -0.05) is 54.1 Å². The summed E-state index contributed by atoms with van der Waals surface area (Å²) in [7, 11) is 3.67. The van der Waals surface area contributed by atoms with E-state index in [2.05, 4.69) is 22.8 Å². The Morgan fingerprint density at radius 3 is 2.21 bits per heavy atom. The van der Waals surface area contributed by atoms with Crippen LogP contribution in [0.25, 0.3) is 32.8 Å². The average Bonchev–Trinajstić information content (AvgIpc) is 3.50. The number of halogens is 1. The number of carbonyl (C=O) groups is 2. The number of carbonyl (C=O) groups excluding carboxylic acids is 2. The maximum atomic E-state index is 14.3. The Bertz CT molecular complexity index is 2080. The maximum absolute atomic E-state index is 14.3. The van der Waals surface area contributed by atoms with Gasteiger partial charge in [-0.2, -0.15) is 5.10 Å². The maximum Gasteiger partial charge on any atom is 0.410 e. The highest BCUT2D eigenvalue weighted by atomic mass is 35.5. The van der Waals surface area contributed by atoms with Crippen molar-refractivity contribution < 1.29 is 23.8 Å². The highest BCUT2D eigenvalue weighted by molar-refractivity contribution is 6.35. The lowest BCUT2D eigenvalue weighted by molar-refractivity contribution is 0.00564. The van der Waals surface area contributed by atoms with E-state index in [9.17, 15) is 9.59 Å². The minimum absolute atomic E-state index is 0.363. The number of unbranched alkanes of at least 4 members (excludes halogenated alkanes) is 1. The van der Waals surface area contributed by atoms with E-state index < -0.39 is 11.2 Å². The van der Waals surface area contributed by atoms with Crippen LogP contribution in [0.5, 0.6) is 5.75 Å². The number of benzene rings is 3. The molecule has 0 aliphatic rings. The molecule has 0 saturated carbocycles. The molecule has 2 aromatic heterocycles. The number of hydrogen-bond donors (Lipinski definition) is 0. The molecule has 278 valence electrons. The van der Waals surface area contributed by atoms with Crippen molar-refractivity contribution in [3.63, 3.8) is 0 Å². The highest BCUT2D eigenvalue weighted by Gasteiger charge is 2.30. The van der Waals surface area contributed by atoms with Gasteiger partial charge in [0.1, 0.15) is 22.6 Å². The molecule has 0 aliphatic carbocycles. The minimum atomic E-state index is -0.708. The van der Waals surface area contributed by atoms with Gasteiger partial charge in [0.05, 0.1) is 22.8 Å². The van der Waals surface area contributed by atoms with Gasteiger partial charge in [0.15, 0.2) is 0 Å². The molecule has 0 N–H and O–H groups in total. The van der Waals surface area contributed by atoms with Crippen molar-refractivity contribution in [3.8, 4) is 16.9 Å². The van der Waals surface area contributed by atoms with Crippen LogP contribution in [0.4, 0.5) is 4.79 Å². The van der Waals surface area contributed by atoms with Crippen molar-refractivity contribution in [1.29, 1.82) is 0 Å². The summed E-state index contributed by atoms with van der Waals surface area (Å²) in [6, 6.07) is 18.2. The first kappa shape index (κ1) is 38.7. The van der Waals surface area contributed by atoms with Gasteiger partial charge in [0, 0.05) is 54.8 Å². The first-order chi connectivity index (χ1) is 24.5. The lowest BCUT2D eigenvalue weighted by Crippen LogP contribution is -2.34. The van der Waals surface area contributed by atoms with Crippen LogP contribution >= 0.6 is 11.6 Å². The summed E-state index contributed by atoms with van der Waals surface area (Å²) in [5.74, 6) is 0.446. The molecule has 2 heterocycles. The predicted molar refractivity (Wildman–Crippen MR) is 210 cm³/mol. The molecule has 5 rings (SSSR count). The second-order valence-electron chi connectivity index (χ2n) is 15.5. The number of fused-ring (bicyclic) bond motifs is 2. The lowest BCUT2D eigenvalue weighted by Gasteiger charge is -2.24. The van der Waals surface area contributed by atoms with Gasteiger partial charge >= 0.3 is 12.1 Å². The molecule has 5 aromatic rings. The van der Waals surface area contributed by atoms with Crippen LogP contribution in [-0.4, -0.2) is 62.7 Å². The third-order valence-electron chi connectivity index (χ3n) is 9.04. The van der Waals surface area contributed by atoms with E-state index in [1.807, 2.05) is 104 Å². The average molecular weight is 729 g/mol. The zero-order chi connectivity index (χ0) is 38.0. The van der Waals surface area contributed by atoms with E-state index in [1.165, 1.54) is 0 Å². The van der Waals surface area contributed by atoms with Gasteiger partial charge < -0.3 is 23.7 Å². The molecule has 1 amide bonds. The first-order valence-electron chi connectivity index (χ1n) is 18.1. The number of aromatic nitrogens is 3. The van der Waals surface area contributed by atoms with Gasteiger partial charge in [-0.3, -0.25) is 4.68 Å². The van der Waals surface area contributed by atoms with E-state index in [0.717, 1.165) is 55.5 Å². The van der Waals surface area contributed by atoms with Gasteiger partial charge in [0.25, 0.3) is 0 Å². The topological polar surface area (TPSA) is 87.8 Å². The van der Waals surface area contributed by atoms with Gasteiger partial charge in [-0.05, 0) is 104 Å². The number of esters is 1. The third kappa shape index (κ3) is 8.75. The van der Waals surface area contributed by atoms with Crippen LogP contribution < -0.4 is 4.74 Å². The van der Waals surface area contributed by atoms with Crippen LogP contribution in [0, 0.1) is 13.8 Å². The molecule has 0 bridgehead atoms. The Morgan fingerprint density at radius 1 is 0.846 bits per heavy atom. The predicted octanol–water partition coefficient (Wildman–Crippen LogP) is 10.1. The van der Waals surface area contributed by atoms with Crippen molar-refractivity contribution in [2.45, 2.75) is 98.8 Å². The Kier molecular flexibility index (Phi) is 11.6. The number of nitrogens with zero attached hydrogens (tertiary/aromatic N) is 4. The number of amides is 1. The van der Waals surface area contributed by atoms with E-state index in [4.69, 9.17) is 30.9 Å². The molecule has 0 saturated heterocycles.